The van der Waals surface area contributed by atoms with E-state index in [0.29, 0.717) is 11.3 Å². The number of hydrogen-bond acceptors (Lipinski definition) is 1. The van der Waals surface area contributed by atoms with Crippen molar-refractivity contribution >= 4 is 6.29 Å². The molecule has 0 spiro atoms. The lowest BCUT2D eigenvalue weighted by Crippen LogP contribution is -2.38. The second-order valence-electron chi connectivity index (χ2n) is 6.55. The van der Waals surface area contributed by atoms with Gasteiger partial charge >= 0.3 is 0 Å². The van der Waals surface area contributed by atoms with Gasteiger partial charge in [-0.25, -0.2) is 0 Å². The van der Waals surface area contributed by atoms with E-state index in [1.807, 2.05) is 0 Å². The number of rotatable bonds is 3. The molecular formula is C15H26O. The maximum absolute atomic E-state index is 10.7. The van der Waals surface area contributed by atoms with Crippen molar-refractivity contribution in [2.24, 2.45) is 29.1 Å². The lowest BCUT2D eigenvalue weighted by atomic mass is 9.59. The molecule has 0 N–H and O–H groups in total. The fourth-order valence-electron chi connectivity index (χ4n) is 4.86. The standard InChI is InChI=1S/C15H26O/c1-11-5-4-9-15(3)13(11)6-7-14(15)12(2)8-10-16/h10-14H,4-9H2,1-3H3/t11-,12?,13?,14?,15-/m0/s1. The van der Waals surface area contributed by atoms with Crippen molar-refractivity contribution in [1.29, 1.82) is 0 Å². The van der Waals surface area contributed by atoms with Gasteiger partial charge in [-0.15, -0.1) is 0 Å². The molecular weight excluding hydrogens is 196 g/mol. The molecule has 2 aliphatic rings. The van der Waals surface area contributed by atoms with Crippen LogP contribution in [0.25, 0.3) is 0 Å². The van der Waals surface area contributed by atoms with Crippen LogP contribution in [0.2, 0.25) is 0 Å². The van der Waals surface area contributed by atoms with E-state index in [0.717, 1.165) is 30.5 Å². The molecule has 0 aromatic rings. The Bertz CT molecular complexity index is 260. The van der Waals surface area contributed by atoms with Gasteiger partial charge in [0, 0.05) is 6.42 Å². The van der Waals surface area contributed by atoms with Crippen LogP contribution in [0.4, 0.5) is 0 Å². The van der Waals surface area contributed by atoms with Crippen molar-refractivity contribution in [2.75, 3.05) is 0 Å². The van der Waals surface area contributed by atoms with Crippen molar-refractivity contribution in [3.05, 3.63) is 0 Å². The number of aldehydes is 1. The first-order valence-corrected chi connectivity index (χ1v) is 7.03. The van der Waals surface area contributed by atoms with Gasteiger partial charge in [-0.1, -0.05) is 33.6 Å². The molecule has 1 nitrogen and oxygen atoms in total. The highest BCUT2D eigenvalue weighted by atomic mass is 16.1. The molecule has 0 bridgehead atoms. The van der Waals surface area contributed by atoms with Gasteiger partial charge in [0.05, 0.1) is 0 Å². The number of carbonyl (C=O) groups excluding carboxylic acids is 1. The minimum Gasteiger partial charge on any atom is -0.303 e. The largest absolute Gasteiger partial charge is 0.303 e. The van der Waals surface area contributed by atoms with Gasteiger partial charge in [0.25, 0.3) is 0 Å². The van der Waals surface area contributed by atoms with Crippen LogP contribution in [0.5, 0.6) is 0 Å². The molecule has 2 fully saturated rings. The molecule has 0 aromatic carbocycles. The molecule has 0 amide bonds. The summed E-state index contributed by atoms with van der Waals surface area (Å²) >= 11 is 0. The van der Waals surface area contributed by atoms with Gasteiger partial charge in [-0.3, -0.25) is 0 Å². The van der Waals surface area contributed by atoms with Crippen LogP contribution < -0.4 is 0 Å². The van der Waals surface area contributed by atoms with E-state index in [-0.39, 0.29) is 0 Å². The SMILES string of the molecule is CC(CC=O)C1CCC2[C@@H](C)CCC[C@]12C. The van der Waals surface area contributed by atoms with Gasteiger partial charge in [0.2, 0.25) is 0 Å². The van der Waals surface area contributed by atoms with Crippen molar-refractivity contribution in [3.63, 3.8) is 0 Å². The van der Waals surface area contributed by atoms with Crippen LogP contribution >= 0.6 is 0 Å². The van der Waals surface area contributed by atoms with Gasteiger partial charge in [0.15, 0.2) is 0 Å². The predicted octanol–water partition coefficient (Wildman–Crippen LogP) is 4.06. The molecule has 92 valence electrons. The van der Waals surface area contributed by atoms with Crippen molar-refractivity contribution in [2.45, 2.75) is 59.3 Å². The van der Waals surface area contributed by atoms with Crippen molar-refractivity contribution < 1.29 is 4.79 Å². The van der Waals surface area contributed by atoms with Gasteiger partial charge in [-0.2, -0.15) is 0 Å². The van der Waals surface area contributed by atoms with E-state index < -0.39 is 0 Å². The third kappa shape index (κ3) is 1.83. The Hall–Kier alpha value is -0.330. The average molecular weight is 222 g/mol. The van der Waals surface area contributed by atoms with E-state index in [9.17, 15) is 4.79 Å². The van der Waals surface area contributed by atoms with Gasteiger partial charge < -0.3 is 4.79 Å². The fourth-order valence-corrected chi connectivity index (χ4v) is 4.86. The average Bonchev–Trinajstić information content (AvgIpc) is 2.57. The minimum absolute atomic E-state index is 0.542. The van der Waals surface area contributed by atoms with Crippen LogP contribution in [0.1, 0.15) is 59.3 Å². The summed E-state index contributed by atoms with van der Waals surface area (Å²) in [5.74, 6) is 3.23. The summed E-state index contributed by atoms with van der Waals surface area (Å²) in [7, 11) is 0. The Morgan fingerprint density at radius 3 is 2.81 bits per heavy atom. The third-order valence-corrected chi connectivity index (χ3v) is 5.70. The summed E-state index contributed by atoms with van der Waals surface area (Å²) in [5, 5.41) is 0. The fraction of sp³-hybridized carbons (Fsp3) is 0.933. The first kappa shape index (κ1) is 12.1. The highest BCUT2D eigenvalue weighted by Gasteiger charge is 2.51. The van der Waals surface area contributed by atoms with Crippen LogP contribution in [-0.2, 0) is 4.79 Å². The van der Waals surface area contributed by atoms with E-state index in [1.165, 1.54) is 32.1 Å². The molecule has 0 aromatic heterocycles. The summed E-state index contributed by atoms with van der Waals surface area (Å²) in [6.45, 7) is 7.23. The van der Waals surface area contributed by atoms with Crippen LogP contribution in [0.15, 0.2) is 0 Å². The monoisotopic (exact) mass is 222 g/mol. The molecule has 3 unspecified atom stereocenters. The first-order chi connectivity index (χ1) is 7.59. The van der Waals surface area contributed by atoms with E-state index >= 15 is 0 Å². The molecule has 0 radical (unpaired) electrons. The maximum atomic E-state index is 10.7. The molecule has 0 saturated heterocycles. The molecule has 1 heteroatoms. The number of hydrogen-bond donors (Lipinski definition) is 0. The van der Waals surface area contributed by atoms with Crippen molar-refractivity contribution in [3.8, 4) is 0 Å². The zero-order chi connectivity index (χ0) is 11.8. The highest BCUT2D eigenvalue weighted by Crippen LogP contribution is 2.59. The number of fused-ring (bicyclic) bond motifs is 1. The second kappa shape index (κ2) is 4.50. The molecule has 0 heterocycles. The molecule has 5 atom stereocenters. The van der Waals surface area contributed by atoms with Crippen LogP contribution in [0, 0.1) is 29.1 Å². The Labute approximate surface area is 100.0 Å². The number of carbonyl (C=O) groups is 1. The molecule has 0 aliphatic heterocycles. The Balaban J connectivity index is 2.14. The quantitative estimate of drug-likeness (QED) is 0.658. The summed E-state index contributed by atoms with van der Waals surface area (Å²) in [5.41, 5.74) is 0.542. The lowest BCUT2D eigenvalue weighted by Gasteiger charge is -2.45. The van der Waals surface area contributed by atoms with E-state index in [1.54, 1.807) is 0 Å². The lowest BCUT2D eigenvalue weighted by molar-refractivity contribution is -0.109. The van der Waals surface area contributed by atoms with Crippen LogP contribution in [-0.4, -0.2) is 6.29 Å². The highest BCUT2D eigenvalue weighted by molar-refractivity contribution is 5.49. The summed E-state index contributed by atoms with van der Waals surface area (Å²) in [6.07, 6.45) is 8.88. The normalized spacial score (nSPS) is 45.1. The second-order valence-corrected chi connectivity index (χ2v) is 6.55. The topological polar surface area (TPSA) is 17.1 Å². The van der Waals surface area contributed by atoms with Gasteiger partial charge in [0.1, 0.15) is 6.29 Å². The van der Waals surface area contributed by atoms with Crippen molar-refractivity contribution in [1.82, 2.24) is 0 Å². The molecule has 16 heavy (non-hydrogen) atoms. The third-order valence-electron chi connectivity index (χ3n) is 5.70. The molecule has 2 saturated carbocycles. The maximum Gasteiger partial charge on any atom is 0.120 e. The molecule has 2 rings (SSSR count). The summed E-state index contributed by atoms with van der Waals surface area (Å²) < 4.78 is 0. The Morgan fingerprint density at radius 1 is 1.38 bits per heavy atom. The first-order valence-electron chi connectivity index (χ1n) is 7.03. The van der Waals surface area contributed by atoms with E-state index in [4.69, 9.17) is 0 Å². The smallest absolute Gasteiger partial charge is 0.120 e. The summed E-state index contributed by atoms with van der Waals surface area (Å²) in [4.78, 5) is 10.7. The predicted molar refractivity (Wildman–Crippen MR) is 67.2 cm³/mol. The Morgan fingerprint density at radius 2 is 2.12 bits per heavy atom. The molecule has 2 aliphatic carbocycles. The zero-order valence-electron chi connectivity index (χ0n) is 11.0. The van der Waals surface area contributed by atoms with Gasteiger partial charge in [-0.05, 0) is 48.3 Å². The zero-order valence-corrected chi connectivity index (χ0v) is 11.0. The minimum atomic E-state index is 0.542. The summed E-state index contributed by atoms with van der Waals surface area (Å²) in [6, 6.07) is 0. The Kier molecular flexibility index (Phi) is 3.42. The van der Waals surface area contributed by atoms with E-state index in [2.05, 4.69) is 20.8 Å². The van der Waals surface area contributed by atoms with Crippen LogP contribution in [0.3, 0.4) is 0 Å².